The molecule has 0 spiro atoms. The number of halogens is 1. The van der Waals surface area contributed by atoms with E-state index in [1.54, 1.807) is 18.2 Å². The second-order valence-electron chi connectivity index (χ2n) is 6.74. The Kier molecular flexibility index (Phi) is 5.48. The van der Waals surface area contributed by atoms with Crippen LogP contribution in [-0.4, -0.2) is 53.3 Å². The molecule has 2 aliphatic rings. The quantitative estimate of drug-likeness (QED) is 0.846. The third-order valence-electron chi connectivity index (χ3n) is 5.16. The normalized spacial score (nSPS) is 22.6. The summed E-state index contributed by atoms with van der Waals surface area (Å²) in [5.74, 6) is -0.560. The number of amides is 2. The Morgan fingerprint density at radius 2 is 1.76 bits per heavy atom. The van der Waals surface area contributed by atoms with E-state index in [0.717, 1.165) is 37.8 Å². The first-order chi connectivity index (χ1) is 12.0. The van der Waals surface area contributed by atoms with Crippen LogP contribution in [0, 0.1) is 5.82 Å². The summed E-state index contributed by atoms with van der Waals surface area (Å²) in [7, 11) is 0. The molecule has 2 fully saturated rings. The van der Waals surface area contributed by atoms with E-state index in [9.17, 15) is 14.0 Å². The van der Waals surface area contributed by atoms with Crippen molar-refractivity contribution in [3.8, 4) is 0 Å². The largest absolute Gasteiger partial charge is 0.368 e. The number of hydrogen-bond acceptors (Lipinski definition) is 3. The van der Waals surface area contributed by atoms with E-state index in [-0.39, 0.29) is 23.7 Å². The van der Waals surface area contributed by atoms with Crippen LogP contribution in [0.1, 0.15) is 31.2 Å². The molecule has 0 aliphatic carbocycles. The molecule has 1 unspecified atom stereocenters. The number of piperidine rings is 1. The van der Waals surface area contributed by atoms with Gasteiger partial charge in [0, 0.05) is 25.2 Å². The average molecular weight is 345 g/mol. The molecule has 134 valence electrons. The van der Waals surface area contributed by atoms with Gasteiger partial charge in [-0.1, -0.05) is 12.1 Å². The Balaban J connectivity index is 1.52. The van der Waals surface area contributed by atoms with Crippen molar-refractivity contribution in [2.45, 2.75) is 37.8 Å². The van der Waals surface area contributed by atoms with E-state index in [1.807, 2.05) is 4.90 Å². The molecule has 3 rings (SSSR count). The van der Waals surface area contributed by atoms with E-state index in [2.05, 4.69) is 4.90 Å². The minimum Gasteiger partial charge on any atom is -0.368 e. The molecule has 25 heavy (non-hydrogen) atoms. The summed E-state index contributed by atoms with van der Waals surface area (Å²) in [6.45, 7) is 2.27. The van der Waals surface area contributed by atoms with Gasteiger partial charge in [0.2, 0.25) is 11.8 Å². The van der Waals surface area contributed by atoms with Crippen LogP contribution in [0.3, 0.4) is 0 Å². The van der Waals surface area contributed by atoms with E-state index in [1.165, 1.54) is 18.2 Å². The van der Waals surface area contributed by atoms with Gasteiger partial charge in [-0.25, -0.2) is 4.39 Å². The number of benzene rings is 1. The van der Waals surface area contributed by atoms with Gasteiger partial charge in [0.15, 0.2) is 0 Å². The van der Waals surface area contributed by atoms with Gasteiger partial charge >= 0.3 is 0 Å². The molecule has 1 aromatic rings. The van der Waals surface area contributed by atoms with Crippen molar-refractivity contribution < 1.29 is 14.0 Å². The maximum Gasteiger partial charge on any atom is 0.246 e. The van der Waals surface area contributed by atoms with Crippen molar-refractivity contribution in [3.63, 3.8) is 0 Å². The molecule has 2 amide bonds. The molecule has 2 aliphatic heterocycles. The summed E-state index contributed by atoms with van der Waals surface area (Å²) in [5, 5.41) is 0. The summed E-state index contributed by atoms with van der Waals surface area (Å²) in [6.07, 6.45) is 6.81. The lowest BCUT2D eigenvalue weighted by atomic mass is 10.0. The molecular formula is C19H24FN3O2. The summed E-state index contributed by atoms with van der Waals surface area (Å²) < 4.78 is 12.9. The summed E-state index contributed by atoms with van der Waals surface area (Å²) >= 11 is 0. The van der Waals surface area contributed by atoms with Crippen LogP contribution >= 0.6 is 0 Å². The van der Waals surface area contributed by atoms with E-state index in [4.69, 9.17) is 5.73 Å². The minimum absolute atomic E-state index is 0.0318. The molecular weight excluding hydrogens is 321 g/mol. The number of nitrogens with zero attached hydrogens (tertiary/aromatic N) is 2. The first-order valence-corrected chi connectivity index (χ1v) is 8.82. The second-order valence-corrected chi connectivity index (χ2v) is 6.74. The van der Waals surface area contributed by atoms with Gasteiger partial charge in [-0.05, 0) is 56.0 Å². The van der Waals surface area contributed by atoms with Crippen molar-refractivity contribution in [3.05, 3.63) is 41.7 Å². The lowest BCUT2D eigenvalue weighted by Crippen LogP contribution is -2.51. The summed E-state index contributed by atoms with van der Waals surface area (Å²) in [5.41, 5.74) is 6.29. The SMILES string of the molecule is NC(=O)C1CCCN1C1CCN(C(=O)C=Cc2ccc(F)cc2)CC1. The number of likely N-dealkylation sites (tertiary alicyclic amines) is 2. The molecule has 1 aromatic carbocycles. The van der Waals surface area contributed by atoms with Crippen LogP contribution in [0.4, 0.5) is 4.39 Å². The highest BCUT2D eigenvalue weighted by molar-refractivity contribution is 5.91. The zero-order chi connectivity index (χ0) is 17.8. The molecule has 0 radical (unpaired) electrons. The van der Waals surface area contributed by atoms with E-state index in [0.29, 0.717) is 19.1 Å². The lowest BCUT2D eigenvalue weighted by molar-refractivity contribution is -0.129. The Morgan fingerprint density at radius 1 is 1.08 bits per heavy atom. The van der Waals surface area contributed by atoms with Crippen LogP contribution in [-0.2, 0) is 9.59 Å². The smallest absolute Gasteiger partial charge is 0.246 e. The molecule has 5 nitrogen and oxygen atoms in total. The standard InChI is InChI=1S/C19H24FN3O2/c20-15-6-3-14(4-7-15)5-8-18(24)22-12-9-16(10-13-22)23-11-1-2-17(23)19(21)25/h3-8,16-17H,1-2,9-13H2,(H2,21,25). The Labute approximate surface area is 147 Å². The number of primary amides is 1. The van der Waals surface area contributed by atoms with Crippen LogP contribution in [0.5, 0.6) is 0 Å². The first kappa shape index (κ1) is 17.6. The average Bonchev–Trinajstić information content (AvgIpc) is 3.11. The molecule has 6 heteroatoms. The highest BCUT2D eigenvalue weighted by Gasteiger charge is 2.35. The number of nitrogens with two attached hydrogens (primary N) is 1. The van der Waals surface area contributed by atoms with Gasteiger partial charge in [0.05, 0.1) is 6.04 Å². The highest BCUT2D eigenvalue weighted by Crippen LogP contribution is 2.26. The number of hydrogen-bond donors (Lipinski definition) is 1. The molecule has 0 saturated carbocycles. The molecule has 2 saturated heterocycles. The van der Waals surface area contributed by atoms with Gasteiger partial charge < -0.3 is 10.6 Å². The molecule has 0 bridgehead atoms. The maximum absolute atomic E-state index is 12.9. The fourth-order valence-electron chi connectivity index (χ4n) is 3.80. The van der Waals surface area contributed by atoms with Gasteiger partial charge in [0.25, 0.3) is 0 Å². The lowest BCUT2D eigenvalue weighted by Gasteiger charge is -2.38. The Hall–Kier alpha value is -2.21. The fraction of sp³-hybridized carbons (Fsp3) is 0.474. The van der Waals surface area contributed by atoms with E-state index >= 15 is 0 Å². The van der Waals surface area contributed by atoms with Gasteiger partial charge in [-0.3, -0.25) is 14.5 Å². The van der Waals surface area contributed by atoms with Crippen LogP contribution in [0.25, 0.3) is 6.08 Å². The predicted octanol–water partition coefficient (Wildman–Crippen LogP) is 1.78. The third-order valence-corrected chi connectivity index (χ3v) is 5.16. The monoisotopic (exact) mass is 345 g/mol. The van der Waals surface area contributed by atoms with Crippen LogP contribution < -0.4 is 5.73 Å². The van der Waals surface area contributed by atoms with Crippen LogP contribution in [0.2, 0.25) is 0 Å². The van der Waals surface area contributed by atoms with Crippen molar-refractivity contribution in [2.75, 3.05) is 19.6 Å². The summed E-state index contributed by atoms with van der Waals surface area (Å²) in [6, 6.07) is 6.21. The molecule has 0 aromatic heterocycles. The van der Waals surface area contributed by atoms with Crippen molar-refractivity contribution in [2.24, 2.45) is 5.73 Å². The third kappa shape index (κ3) is 4.25. The predicted molar refractivity (Wildman–Crippen MR) is 94.0 cm³/mol. The Morgan fingerprint density at radius 3 is 2.40 bits per heavy atom. The number of rotatable bonds is 4. The van der Waals surface area contributed by atoms with Gasteiger partial charge in [-0.2, -0.15) is 0 Å². The molecule has 1 atom stereocenters. The zero-order valence-electron chi connectivity index (χ0n) is 14.2. The zero-order valence-corrected chi connectivity index (χ0v) is 14.2. The number of carbonyl (C=O) groups is 2. The molecule has 2 heterocycles. The molecule has 2 N–H and O–H groups in total. The highest BCUT2D eigenvalue weighted by atomic mass is 19.1. The topological polar surface area (TPSA) is 66.6 Å². The van der Waals surface area contributed by atoms with Crippen molar-refractivity contribution >= 4 is 17.9 Å². The number of carbonyl (C=O) groups excluding carboxylic acids is 2. The maximum atomic E-state index is 12.9. The fourth-order valence-corrected chi connectivity index (χ4v) is 3.80. The van der Waals surface area contributed by atoms with Gasteiger partial charge in [0.1, 0.15) is 5.82 Å². The van der Waals surface area contributed by atoms with Crippen LogP contribution in [0.15, 0.2) is 30.3 Å². The van der Waals surface area contributed by atoms with Gasteiger partial charge in [-0.15, -0.1) is 0 Å². The van der Waals surface area contributed by atoms with E-state index < -0.39 is 0 Å². The summed E-state index contributed by atoms with van der Waals surface area (Å²) in [4.78, 5) is 27.9. The first-order valence-electron chi connectivity index (χ1n) is 8.82. The second kappa shape index (κ2) is 7.78. The van der Waals surface area contributed by atoms with Crippen molar-refractivity contribution in [1.29, 1.82) is 0 Å². The van der Waals surface area contributed by atoms with Crippen molar-refractivity contribution in [1.82, 2.24) is 9.80 Å². The Bertz CT molecular complexity index is 651. The minimum atomic E-state index is -0.290.